The van der Waals surface area contributed by atoms with Crippen molar-refractivity contribution in [1.29, 1.82) is 0 Å². The van der Waals surface area contributed by atoms with Crippen LogP contribution in [0.2, 0.25) is 0 Å². The van der Waals surface area contributed by atoms with Crippen LogP contribution in [0.15, 0.2) is 53.4 Å². The highest BCUT2D eigenvalue weighted by molar-refractivity contribution is 7.89. The number of nitrogens with one attached hydrogen (secondary N) is 1. The van der Waals surface area contributed by atoms with E-state index in [4.69, 9.17) is 0 Å². The molecule has 24 heavy (non-hydrogen) atoms. The summed E-state index contributed by atoms with van der Waals surface area (Å²) in [4.78, 5) is 1.97. The van der Waals surface area contributed by atoms with Gasteiger partial charge in [-0.2, -0.15) is 0 Å². The van der Waals surface area contributed by atoms with Crippen LogP contribution in [0.3, 0.4) is 0 Å². The third kappa shape index (κ3) is 4.87. The Labute approximate surface area is 143 Å². The average Bonchev–Trinajstić information content (AvgIpc) is 2.59. The maximum Gasteiger partial charge on any atom is 0.243 e. The van der Waals surface area contributed by atoms with Crippen molar-refractivity contribution < 1.29 is 12.8 Å². The Morgan fingerprint density at radius 1 is 0.958 bits per heavy atom. The Morgan fingerprint density at radius 2 is 1.54 bits per heavy atom. The molecule has 0 fully saturated rings. The molecule has 6 heteroatoms. The molecule has 0 unspecified atom stereocenters. The first-order chi connectivity index (χ1) is 11.5. The smallest absolute Gasteiger partial charge is 0.243 e. The predicted molar refractivity (Wildman–Crippen MR) is 93.5 cm³/mol. The molecule has 1 N–H and O–H groups in total. The van der Waals surface area contributed by atoms with E-state index in [9.17, 15) is 12.8 Å². The van der Waals surface area contributed by atoms with Gasteiger partial charge in [0.15, 0.2) is 0 Å². The number of benzene rings is 2. The van der Waals surface area contributed by atoms with Crippen LogP contribution >= 0.6 is 0 Å². The molecule has 4 nitrogen and oxygen atoms in total. The van der Waals surface area contributed by atoms with Gasteiger partial charge in [-0.3, -0.25) is 4.90 Å². The van der Waals surface area contributed by atoms with Crippen LogP contribution in [0.4, 0.5) is 4.39 Å². The zero-order chi connectivity index (χ0) is 17.6. The largest absolute Gasteiger partial charge is 0.300 e. The molecule has 0 saturated heterocycles. The second kappa shape index (κ2) is 8.37. The van der Waals surface area contributed by atoms with Crippen LogP contribution in [0.5, 0.6) is 0 Å². The maximum atomic E-state index is 13.6. The number of hydrogen-bond donors (Lipinski definition) is 1. The molecule has 0 spiro atoms. The highest BCUT2D eigenvalue weighted by atomic mass is 32.2. The minimum atomic E-state index is -3.86. The summed E-state index contributed by atoms with van der Waals surface area (Å²) in [6.07, 6.45) is 0. The third-order valence-corrected chi connectivity index (χ3v) is 5.35. The molecular weight excluding hydrogens is 327 g/mol. The molecule has 0 heterocycles. The van der Waals surface area contributed by atoms with Gasteiger partial charge in [0.05, 0.1) is 0 Å². The van der Waals surface area contributed by atoms with Gasteiger partial charge in [0.1, 0.15) is 10.7 Å². The second-order valence-electron chi connectivity index (χ2n) is 5.53. The Morgan fingerprint density at radius 3 is 2.12 bits per heavy atom. The minimum absolute atomic E-state index is 0.127. The van der Waals surface area contributed by atoms with Gasteiger partial charge in [0.2, 0.25) is 10.0 Å². The van der Waals surface area contributed by atoms with Crippen molar-refractivity contribution in [3.8, 4) is 0 Å². The molecule has 130 valence electrons. The summed E-state index contributed by atoms with van der Waals surface area (Å²) in [5.74, 6) is -0.750. The van der Waals surface area contributed by atoms with Gasteiger partial charge in [-0.25, -0.2) is 17.5 Å². The summed E-state index contributed by atoms with van der Waals surface area (Å²) in [7, 11) is -3.86. The monoisotopic (exact) mass is 350 g/mol. The van der Waals surface area contributed by atoms with Crippen LogP contribution in [-0.4, -0.2) is 26.4 Å². The number of nitrogens with zero attached hydrogens (tertiary/aromatic N) is 1. The van der Waals surface area contributed by atoms with Crippen molar-refractivity contribution in [3.05, 3.63) is 65.5 Å². The summed E-state index contributed by atoms with van der Waals surface area (Å²) in [5.41, 5.74) is 2.01. The standard InChI is InChI=1S/C18H23FN2O2S/c1-3-21(4-2)14-16-11-9-15(10-12-16)13-20-24(22,23)18-8-6-5-7-17(18)19/h5-12,20H,3-4,13-14H2,1-2H3. The van der Waals surface area contributed by atoms with E-state index < -0.39 is 15.8 Å². The lowest BCUT2D eigenvalue weighted by molar-refractivity contribution is 0.296. The van der Waals surface area contributed by atoms with Crippen molar-refractivity contribution in [3.63, 3.8) is 0 Å². The second-order valence-corrected chi connectivity index (χ2v) is 7.27. The molecule has 0 aliphatic heterocycles. The van der Waals surface area contributed by atoms with E-state index in [0.29, 0.717) is 0 Å². The van der Waals surface area contributed by atoms with Gasteiger partial charge in [-0.05, 0) is 36.3 Å². The number of hydrogen-bond acceptors (Lipinski definition) is 3. The van der Waals surface area contributed by atoms with E-state index >= 15 is 0 Å². The molecule has 2 rings (SSSR count). The molecule has 0 amide bonds. The summed E-state index contributed by atoms with van der Waals surface area (Å²) in [5, 5.41) is 0. The predicted octanol–water partition coefficient (Wildman–Crippen LogP) is 3.15. The number of halogens is 1. The first-order valence-corrected chi connectivity index (χ1v) is 9.49. The average molecular weight is 350 g/mol. The third-order valence-electron chi connectivity index (χ3n) is 3.92. The van der Waals surface area contributed by atoms with E-state index in [2.05, 4.69) is 23.5 Å². The molecule has 0 radical (unpaired) electrons. The fourth-order valence-electron chi connectivity index (χ4n) is 2.39. The highest BCUT2D eigenvalue weighted by Crippen LogP contribution is 2.14. The lowest BCUT2D eigenvalue weighted by atomic mass is 10.1. The molecule has 0 bridgehead atoms. The topological polar surface area (TPSA) is 49.4 Å². The fourth-order valence-corrected chi connectivity index (χ4v) is 3.48. The normalized spacial score (nSPS) is 11.8. The summed E-state index contributed by atoms with van der Waals surface area (Å²) >= 11 is 0. The first kappa shape index (κ1) is 18.6. The lowest BCUT2D eigenvalue weighted by Gasteiger charge is -2.18. The number of rotatable bonds is 8. The molecule has 0 aliphatic carbocycles. The first-order valence-electron chi connectivity index (χ1n) is 8.00. The van der Waals surface area contributed by atoms with Crippen molar-refractivity contribution in [2.75, 3.05) is 13.1 Å². The van der Waals surface area contributed by atoms with Crippen LogP contribution in [0.25, 0.3) is 0 Å². The quantitative estimate of drug-likeness (QED) is 0.796. The van der Waals surface area contributed by atoms with Gasteiger partial charge in [0, 0.05) is 13.1 Å². The van der Waals surface area contributed by atoms with Gasteiger partial charge < -0.3 is 0 Å². The van der Waals surface area contributed by atoms with E-state index in [0.717, 1.165) is 31.3 Å². The van der Waals surface area contributed by atoms with Gasteiger partial charge in [-0.15, -0.1) is 0 Å². The highest BCUT2D eigenvalue weighted by Gasteiger charge is 2.17. The van der Waals surface area contributed by atoms with Crippen molar-refractivity contribution in [2.24, 2.45) is 0 Å². The Balaban J connectivity index is 2.01. The molecule has 0 aromatic heterocycles. The summed E-state index contributed by atoms with van der Waals surface area (Å²) in [6.45, 7) is 7.21. The van der Waals surface area contributed by atoms with Gasteiger partial charge in [-0.1, -0.05) is 50.2 Å². The zero-order valence-corrected chi connectivity index (χ0v) is 14.8. The van der Waals surface area contributed by atoms with Crippen LogP contribution in [0.1, 0.15) is 25.0 Å². The van der Waals surface area contributed by atoms with Crippen molar-refractivity contribution in [2.45, 2.75) is 31.8 Å². The Bertz CT molecular complexity index is 757. The zero-order valence-electron chi connectivity index (χ0n) is 14.0. The fraction of sp³-hybridized carbons (Fsp3) is 0.333. The number of sulfonamides is 1. The van der Waals surface area contributed by atoms with E-state index in [1.165, 1.54) is 23.8 Å². The van der Waals surface area contributed by atoms with Crippen molar-refractivity contribution >= 4 is 10.0 Å². The van der Waals surface area contributed by atoms with Gasteiger partial charge in [0.25, 0.3) is 0 Å². The molecule has 0 atom stereocenters. The van der Waals surface area contributed by atoms with E-state index in [1.54, 1.807) is 0 Å². The van der Waals surface area contributed by atoms with Crippen LogP contribution in [-0.2, 0) is 23.1 Å². The molecule has 2 aromatic rings. The van der Waals surface area contributed by atoms with Gasteiger partial charge >= 0.3 is 0 Å². The van der Waals surface area contributed by atoms with Crippen molar-refractivity contribution in [1.82, 2.24) is 9.62 Å². The SMILES string of the molecule is CCN(CC)Cc1ccc(CNS(=O)(=O)c2ccccc2F)cc1. The summed E-state index contributed by atoms with van der Waals surface area (Å²) in [6, 6.07) is 13.1. The molecular formula is C18H23FN2O2S. The van der Waals surface area contributed by atoms with E-state index in [-0.39, 0.29) is 11.4 Å². The van der Waals surface area contributed by atoms with E-state index in [1.807, 2.05) is 24.3 Å². The van der Waals surface area contributed by atoms with Crippen LogP contribution < -0.4 is 4.72 Å². The molecule has 0 saturated carbocycles. The summed E-state index contributed by atoms with van der Waals surface area (Å²) < 4.78 is 40.4. The van der Waals surface area contributed by atoms with Crippen LogP contribution in [0, 0.1) is 5.82 Å². The Kier molecular flexibility index (Phi) is 6.48. The molecule has 2 aromatic carbocycles. The Hall–Kier alpha value is -1.76. The molecule has 0 aliphatic rings. The maximum absolute atomic E-state index is 13.6. The lowest BCUT2D eigenvalue weighted by Crippen LogP contribution is -2.24. The minimum Gasteiger partial charge on any atom is -0.300 e.